The number of nitrogens with zero attached hydrogens (tertiary/aromatic N) is 3. The lowest BCUT2D eigenvalue weighted by Gasteiger charge is -2.33. The zero-order valence-corrected chi connectivity index (χ0v) is 17.8. The van der Waals surface area contributed by atoms with Crippen LogP contribution in [0.15, 0.2) is 46.6 Å². The zero-order chi connectivity index (χ0) is 19.9. The molecule has 1 aromatic heterocycles. The molecule has 6 heteroatoms. The number of rotatable bonds is 7. The Hall–Kier alpha value is -2.08. The Balaban J connectivity index is 1.67. The number of amides is 1. The first kappa shape index (κ1) is 20.6. The Morgan fingerprint density at radius 2 is 2.00 bits per heavy atom. The zero-order valence-electron chi connectivity index (χ0n) is 17.0. The molecule has 1 aromatic carbocycles. The Morgan fingerprint density at radius 3 is 2.75 bits per heavy atom. The van der Waals surface area contributed by atoms with E-state index in [2.05, 4.69) is 65.2 Å². The first-order chi connectivity index (χ1) is 13.5. The summed E-state index contributed by atoms with van der Waals surface area (Å²) in [5.74, 6) is 1.67. The summed E-state index contributed by atoms with van der Waals surface area (Å²) in [6.45, 7) is 8.81. The molecule has 0 saturated carbocycles. The van der Waals surface area contributed by atoms with E-state index in [4.69, 9.17) is 0 Å². The number of carbonyl (C=O) groups is 1. The van der Waals surface area contributed by atoms with Crippen LogP contribution in [0.25, 0.3) is 0 Å². The van der Waals surface area contributed by atoms with E-state index in [1.165, 1.54) is 5.56 Å². The molecule has 2 aromatic rings. The maximum Gasteiger partial charge on any atom is 0.224 e. The number of anilines is 1. The lowest BCUT2D eigenvalue weighted by molar-refractivity contribution is -0.125. The molecule has 3 rings (SSSR count). The third-order valence-corrected chi connectivity index (χ3v) is 5.98. The van der Waals surface area contributed by atoms with Gasteiger partial charge in [0.05, 0.1) is 5.92 Å². The average molecular weight is 399 g/mol. The minimum atomic E-state index is 0.0140. The van der Waals surface area contributed by atoms with Crippen LogP contribution in [-0.4, -0.2) is 35.5 Å². The molecule has 1 saturated heterocycles. The SMILES string of the molecule is Cc1ccc(Sc2nccnc2N2CCCC(C(=O)NCCC(C)C)C2)cc1. The van der Waals surface area contributed by atoms with Gasteiger partial charge in [-0.05, 0) is 44.2 Å². The third kappa shape index (κ3) is 5.71. The fourth-order valence-electron chi connectivity index (χ4n) is 3.34. The molecule has 0 spiro atoms. The van der Waals surface area contributed by atoms with Crippen molar-refractivity contribution in [2.75, 3.05) is 24.5 Å². The van der Waals surface area contributed by atoms with Crippen LogP contribution < -0.4 is 10.2 Å². The number of aromatic nitrogens is 2. The van der Waals surface area contributed by atoms with E-state index >= 15 is 0 Å². The van der Waals surface area contributed by atoms with Crippen LogP contribution in [0.3, 0.4) is 0 Å². The standard InChI is InChI=1S/C22H30N4OS/c1-16(2)10-11-24-21(27)18-5-4-14-26(15-18)20-22(25-13-12-23-20)28-19-8-6-17(3)7-9-19/h6-9,12-13,16,18H,4-5,10-11,14-15H2,1-3H3,(H,24,27). The molecule has 1 amide bonds. The highest BCUT2D eigenvalue weighted by molar-refractivity contribution is 7.99. The predicted octanol–water partition coefficient (Wildman–Crippen LogP) is 4.31. The van der Waals surface area contributed by atoms with Gasteiger partial charge in [0, 0.05) is 36.9 Å². The largest absolute Gasteiger partial charge is 0.356 e. The molecule has 1 aliphatic heterocycles. The van der Waals surface area contributed by atoms with Crippen molar-refractivity contribution in [3.63, 3.8) is 0 Å². The number of carbonyl (C=O) groups excluding carboxylic acids is 1. The maximum atomic E-state index is 12.6. The predicted molar refractivity (Wildman–Crippen MR) is 115 cm³/mol. The van der Waals surface area contributed by atoms with Gasteiger partial charge in [-0.3, -0.25) is 4.79 Å². The summed E-state index contributed by atoms with van der Waals surface area (Å²) in [6.07, 6.45) is 6.42. The molecule has 0 bridgehead atoms. The fourth-order valence-corrected chi connectivity index (χ4v) is 4.22. The molecule has 1 aliphatic rings. The fraction of sp³-hybridized carbons (Fsp3) is 0.500. The van der Waals surface area contributed by atoms with Crippen LogP contribution in [0.5, 0.6) is 0 Å². The van der Waals surface area contributed by atoms with Crippen molar-refractivity contribution in [1.29, 1.82) is 0 Å². The van der Waals surface area contributed by atoms with Crippen LogP contribution in [0.1, 0.15) is 38.7 Å². The molecule has 150 valence electrons. The molecule has 28 heavy (non-hydrogen) atoms. The van der Waals surface area contributed by atoms with E-state index in [-0.39, 0.29) is 11.8 Å². The minimum Gasteiger partial charge on any atom is -0.356 e. The highest BCUT2D eigenvalue weighted by Crippen LogP contribution is 2.34. The molecule has 1 N–H and O–H groups in total. The Kier molecular flexibility index (Phi) is 7.31. The van der Waals surface area contributed by atoms with Crippen molar-refractivity contribution in [2.45, 2.75) is 50.0 Å². The number of hydrogen-bond donors (Lipinski definition) is 1. The van der Waals surface area contributed by atoms with E-state index in [0.29, 0.717) is 12.5 Å². The minimum absolute atomic E-state index is 0.0140. The van der Waals surface area contributed by atoms with Crippen LogP contribution in [0, 0.1) is 18.8 Å². The number of aryl methyl sites for hydroxylation is 1. The topological polar surface area (TPSA) is 58.1 Å². The van der Waals surface area contributed by atoms with Gasteiger partial charge in [-0.2, -0.15) is 0 Å². The van der Waals surface area contributed by atoms with Gasteiger partial charge in [0.25, 0.3) is 0 Å². The van der Waals surface area contributed by atoms with Crippen molar-refractivity contribution >= 4 is 23.5 Å². The summed E-state index contributed by atoms with van der Waals surface area (Å²) in [5.41, 5.74) is 1.24. The monoisotopic (exact) mass is 398 g/mol. The molecule has 2 heterocycles. The molecular weight excluding hydrogens is 368 g/mol. The second kappa shape index (κ2) is 9.92. The summed E-state index contributed by atoms with van der Waals surface area (Å²) in [4.78, 5) is 25.1. The van der Waals surface area contributed by atoms with E-state index in [1.807, 2.05) is 0 Å². The second-order valence-electron chi connectivity index (χ2n) is 7.86. The van der Waals surface area contributed by atoms with E-state index in [1.54, 1.807) is 24.2 Å². The van der Waals surface area contributed by atoms with Gasteiger partial charge in [-0.25, -0.2) is 9.97 Å². The van der Waals surface area contributed by atoms with E-state index in [9.17, 15) is 4.79 Å². The van der Waals surface area contributed by atoms with Crippen LogP contribution in [-0.2, 0) is 4.79 Å². The molecule has 0 aliphatic carbocycles. The highest BCUT2D eigenvalue weighted by Gasteiger charge is 2.28. The van der Waals surface area contributed by atoms with Gasteiger partial charge in [-0.15, -0.1) is 0 Å². The lowest BCUT2D eigenvalue weighted by atomic mass is 9.97. The summed E-state index contributed by atoms with van der Waals surface area (Å²) in [5, 5.41) is 4.00. The maximum absolute atomic E-state index is 12.6. The normalized spacial score (nSPS) is 17.0. The van der Waals surface area contributed by atoms with Gasteiger partial charge in [0.15, 0.2) is 5.82 Å². The molecular formula is C22H30N4OS. The van der Waals surface area contributed by atoms with Crippen molar-refractivity contribution in [1.82, 2.24) is 15.3 Å². The third-order valence-electron chi connectivity index (χ3n) is 4.99. The molecule has 5 nitrogen and oxygen atoms in total. The first-order valence-electron chi connectivity index (χ1n) is 10.1. The van der Waals surface area contributed by atoms with Crippen LogP contribution >= 0.6 is 11.8 Å². The lowest BCUT2D eigenvalue weighted by Crippen LogP contribution is -2.44. The Labute approximate surface area is 172 Å². The van der Waals surface area contributed by atoms with Crippen molar-refractivity contribution in [3.8, 4) is 0 Å². The van der Waals surface area contributed by atoms with E-state index < -0.39 is 0 Å². The summed E-state index contributed by atoms with van der Waals surface area (Å²) >= 11 is 1.63. The number of hydrogen-bond acceptors (Lipinski definition) is 5. The van der Waals surface area contributed by atoms with Gasteiger partial charge in [0.1, 0.15) is 5.03 Å². The quantitative estimate of drug-likeness (QED) is 0.753. The van der Waals surface area contributed by atoms with Crippen molar-refractivity contribution in [2.24, 2.45) is 11.8 Å². The summed E-state index contributed by atoms with van der Waals surface area (Å²) < 4.78 is 0. The number of nitrogens with one attached hydrogen (secondary N) is 1. The molecule has 1 unspecified atom stereocenters. The number of benzene rings is 1. The smallest absolute Gasteiger partial charge is 0.224 e. The summed E-state index contributed by atoms with van der Waals surface area (Å²) in [7, 11) is 0. The van der Waals surface area contributed by atoms with Crippen molar-refractivity contribution < 1.29 is 4.79 Å². The average Bonchev–Trinajstić information content (AvgIpc) is 2.70. The Bertz CT molecular complexity index is 778. The summed E-state index contributed by atoms with van der Waals surface area (Å²) in [6, 6.07) is 8.44. The second-order valence-corrected chi connectivity index (χ2v) is 8.92. The molecule has 0 radical (unpaired) electrons. The van der Waals surface area contributed by atoms with Crippen molar-refractivity contribution in [3.05, 3.63) is 42.2 Å². The van der Waals surface area contributed by atoms with Gasteiger partial charge in [-0.1, -0.05) is 43.3 Å². The van der Waals surface area contributed by atoms with Gasteiger partial charge < -0.3 is 10.2 Å². The molecule has 1 atom stereocenters. The first-order valence-corrected chi connectivity index (χ1v) is 10.9. The highest BCUT2D eigenvalue weighted by atomic mass is 32.2. The Morgan fingerprint density at radius 1 is 1.25 bits per heavy atom. The molecule has 1 fully saturated rings. The van der Waals surface area contributed by atoms with Gasteiger partial charge >= 0.3 is 0 Å². The van der Waals surface area contributed by atoms with E-state index in [0.717, 1.165) is 48.1 Å². The number of piperidine rings is 1. The van der Waals surface area contributed by atoms with Gasteiger partial charge in [0.2, 0.25) is 5.91 Å². The van der Waals surface area contributed by atoms with Crippen LogP contribution in [0.2, 0.25) is 0 Å². The van der Waals surface area contributed by atoms with Crippen LogP contribution in [0.4, 0.5) is 5.82 Å².